The van der Waals surface area contributed by atoms with Gasteiger partial charge in [-0.25, -0.2) is 8.37 Å². The van der Waals surface area contributed by atoms with Crippen LogP contribution >= 0.6 is 0 Å². The van der Waals surface area contributed by atoms with Crippen LogP contribution in [0.2, 0.25) is 0 Å². The molecule has 7 N–H and O–H groups in total. The van der Waals surface area contributed by atoms with Crippen molar-refractivity contribution in [3.05, 3.63) is 35.9 Å². The molecular weight excluding hydrogens is 522 g/mol. The van der Waals surface area contributed by atoms with Crippen molar-refractivity contribution in [3.63, 3.8) is 0 Å². The van der Waals surface area contributed by atoms with Gasteiger partial charge in [0.2, 0.25) is 12.2 Å². The molecule has 1 aromatic carbocycles. The lowest BCUT2D eigenvalue weighted by atomic mass is 9.97. The van der Waals surface area contributed by atoms with Gasteiger partial charge in [-0.3, -0.25) is 4.79 Å². The molecule has 16 heteroatoms. The smallest absolute Gasteiger partial charge is 0.394 e. The quantitative estimate of drug-likeness (QED) is 0.148. The monoisotopic (exact) mass is 553 g/mol. The molecule has 15 nitrogen and oxygen atoms in total. The van der Waals surface area contributed by atoms with Gasteiger partial charge in [0.1, 0.15) is 48.8 Å². The van der Waals surface area contributed by atoms with Gasteiger partial charge in [0.25, 0.3) is 0 Å². The van der Waals surface area contributed by atoms with Crippen molar-refractivity contribution in [2.75, 3.05) is 13.2 Å². The van der Waals surface area contributed by atoms with Crippen LogP contribution in [0.4, 0.5) is 0 Å². The van der Waals surface area contributed by atoms with Crippen molar-refractivity contribution < 1.29 is 66.4 Å². The summed E-state index contributed by atoms with van der Waals surface area (Å²) >= 11 is 0. The maximum Gasteiger partial charge on any atom is 0.402 e. The molecule has 37 heavy (non-hydrogen) atoms. The van der Waals surface area contributed by atoms with Crippen molar-refractivity contribution in [2.24, 2.45) is 0 Å². The molecule has 2 aliphatic rings. The molecule has 0 bridgehead atoms. The van der Waals surface area contributed by atoms with E-state index in [-0.39, 0.29) is 6.61 Å². The Kier molecular flexibility index (Phi) is 10.3. The number of aliphatic hydroxyl groups excluding tert-OH is 6. The number of ether oxygens (including phenoxy) is 3. The average molecular weight is 554 g/mol. The van der Waals surface area contributed by atoms with E-state index < -0.39 is 90.9 Å². The first kappa shape index (κ1) is 29.8. The predicted molar refractivity (Wildman–Crippen MR) is 119 cm³/mol. The van der Waals surface area contributed by atoms with Crippen molar-refractivity contribution in [3.8, 4) is 0 Å². The standard InChI is InChI=1S/C21H31NO14S/c1-10(25)22-14-16(27)19(13(8-24)34-20(14)32-9-11-5-3-2-4-6-11)35-37(30,31)36-21-18(29)17(28)15(26)12(7-23)33-21/h2-6,12-21,23-24,26-29H,7-9H2,1H3,(H,22,25)/t12-,13-,14+,15+,16-,17+,18-,19-,20+,21+/m1/s1. The first-order valence-electron chi connectivity index (χ1n) is 11.3. The van der Waals surface area contributed by atoms with Crippen LogP contribution in [0.25, 0.3) is 0 Å². The highest BCUT2D eigenvalue weighted by Gasteiger charge is 2.51. The number of carbonyl (C=O) groups excluding carboxylic acids is 1. The zero-order chi connectivity index (χ0) is 27.3. The van der Waals surface area contributed by atoms with Gasteiger partial charge in [-0.2, -0.15) is 8.42 Å². The van der Waals surface area contributed by atoms with E-state index in [1.807, 2.05) is 0 Å². The summed E-state index contributed by atoms with van der Waals surface area (Å²) in [7, 11) is -5.15. The number of benzene rings is 1. The summed E-state index contributed by atoms with van der Waals surface area (Å²) in [5, 5.41) is 62.0. The zero-order valence-corrected chi connectivity index (χ0v) is 20.5. The van der Waals surface area contributed by atoms with Crippen LogP contribution in [0.1, 0.15) is 12.5 Å². The second-order valence-corrected chi connectivity index (χ2v) is 9.70. The van der Waals surface area contributed by atoms with E-state index in [4.69, 9.17) is 18.4 Å². The number of hydrogen-bond acceptors (Lipinski definition) is 14. The summed E-state index contributed by atoms with van der Waals surface area (Å²) in [4.78, 5) is 11.8. The maximum atomic E-state index is 12.6. The minimum absolute atomic E-state index is 0.00347. The van der Waals surface area contributed by atoms with Crippen molar-refractivity contribution >= 4 is 16.3 Å². The normalized spacial score (nSPS) is 36.7. The third-order valence-corrected chi connectivity index (χ3v) is 6.65. The van der Waals surface area contributed by atoms with Gasteiger partial charge in [-0.05, 0) is 5.56 Å². The summed E-state index contributed by atoms with van der Waals surface area (Å²) in [5.41, 5.74) is 0.733. The number of aliphatic hydroxyl groups is 6. The molecular formula is C21H31NO14S. The molecule has 2 heterocycles. The maximum absolute atomic E-state index is 12.6. The lowest BCUT2D eigenvalue weighted by Crippen LogP contribution is -2.65. The van der Waals surface area contributed by atoms with Crippen LogP contribution in [0.5, 0.6) is 0 Å². The molecule has 1 aromatic rings. The highest BCUT2D eigenvalue weighted by atomic mass is 32.3. The Labute approximate surface area is 212 Å². The molecule has 0 saturated carbocycles. The minimum atomic E-state index is -5.15. The molecule has 0 unspecified atom stereocenters. The Bertz CT molecular complexity index is 979. The second-order valence-electron chi connectivity index (χ2n) is 8.50. The molecule has 2 fully saturated rings. The van der Waals surface area contributed by atoms with Gasteiger partial charge in [0, 0.05) is 6.92 Å². The molecule has 210 valence electrons. The molecule has 0 spiro atoms. The molecule has 3 rings (SSSR count). The Morgan fingerprint density at radius 1 is 0.892 bits per heavy atom. The van der Waals surface area contributed by atoms with Gasteiger partial charge in [0.05, 0.1) is 19.8 Å². The molecule has 0 aromatic heterocycles. The summed E-state index contributed by atoms with van der Waals surface area (Å²) in [6, 6.07) is 7.50. The Morgan fingerprint density at radius 3 is 2.11 bits per heavy atom. The van der Waals surface area contributed by atoms with Gasteiger partial charge in [-0.15, -0.1) is 0 Å². The number of carbonyl (C=O) groups is 1. The van der Waals surface area contributed by atoms with E-state index in [1.54, 1.807) is 30.3 Å². The van der Waals surface area contributed by atoms with E-state index in [2.05, 4.69) is 9.50 Å². The SMILES string of the molecule is CC(=O)N[C@@H]1[C@@H](OCc2ccccc2)O[C@H](CO)[C@@H](OS(=O)(=O)O[C@@H]2O[C@H](CO)[C@H](O)[C@H](O)[C@H]2O)[C@@H]1O. The summed E-state index contributed by atoms with van der Waals surface area (Å²) in [6.07, 6.45) is -15.7. The zero-order valence-electron chi connectivity index (χ0n) is 19.6. The Morgan fingerprint density at radius 2 is 1.51 bits per heavy atom. The molecule has 2 aliphatic heterocycles. The number of amides is 1. The van der Waals surface area contributed by atoms with Gasteiger partial charge in [0.15, 0.2) is 6.29 Å². The Hall–Kier alpha value is -1.80. The minimum Gasteiger partial charge on any atom is -0.394 e. The fourth-order valence-electron chi connectivity index (χ4n) is 3.89. The second kappa shape index (κ2) is 12.8. The van der Waals surface area contributed by atoms with E-state index in [9.17, 15) is 43.9 Å². The lowest BCUT2D eigenvalue weighted by Gasteiger charge is -2.43. The lowest BCUT2D eigenvalue weighted by molar-refractivity contribution is -0.283. The van der Waals surface area contributed by atoms with Crippen LogP contribution in [0.3, 0.4) is 0 Å². The van der Waals surface area contributed by atoms with Crippen molar-refractivity contribution in [2.45, 2.75) is 74.9 Å². The molecule has 0 aliphatic carbocycles. The highest BCUT2D eigenvalue weighted by Crippen LogP contribution is 2.29. The topological polar surface area (TPSA) is 231 Å². The number of nitrogens with one attached hydrogen (secondary N) is 1. The molecule has 10 atom stereocenters. The predicted octanol–water partition coefficient (Wildman–Crippen LogP) is -3.77. The largest absolute Gasteiger partial charge is 0.402 e. The number of hydrogen-bond donors (Lipinski definition) is 7. The summed E-state index contributed by atoms with van der Waals surface area (Å²) in [6.45, 7) is -0.532. The summed E-state index contributed by atoms with van der Waals surface area (Å²) in [5.74, 6) is -0.609. The summed E-state index contributed by atoms with van der Waals surface area (Å²) < 4.78 is 51.1. The van der Waals surface area contributed by atoms with Crippen LogP contribution < -0.4 is 5.32 Å². The Balaban J connectivity index is 1.74. The third kappa shape index (κ3) is 7.41. The van der Waals surface area contributed by atoms with Crippen LogP contribution in [-0.2, 0) is 44.4 Å². The van der Waals surface area contributed by atoms with E-state index in [1.165, 1.54) is 0 Å². The van der Waals surface area contributed by atoms with Crippen molar-refractivity contribution in [1.82, 2.24) is 5.32 Å². The fraction of sp³-hybridized carbons (Fsp3) is 0.667. The average Bonchev–Trinajstić information content (AvgIpc) is 2.86. The van der Waals surface area contributed by atoms with Crippen LogP contribution in [0.15, 0.2) is 30.3 Å². The molecule has 1 amide bonds. The first-order chi connectivity index (χ1) is 17.5. The van der Waals surface area contributed by atoms with E-state index in [0.717, 1.165) is 12.5 Å². The highest BCUT2D eigenvalue weighted by molar-refractivity contribution is 7.81. The van der Waals surface area contributed by atoms with Gasteiger partial charge >= 0.3 is 10.4 Å². The number of rotatable bonds is 10. The van der Waals surface area contributed by atoms with E-state index >= 15 is 0 Å². The van der Waals surface area contributed by atoms with Crippen LogP contribution in [-0.4, -0.2) is 120 Å². The third-order valence-electron chi connectivity index (χ3n) is 5.77. The molecule has 0 radical (unpaired) electrons. The fourth-order valence-corrected chi connectivity index (χ4v) is 4.84. The van der Waals surface area contributed by atoms with Gasteiger partial charge < -0.3 is 50.2 Å². The van der Waals surface area contributed by atoms with Gasteiger partial charge in [-0.1, -0.05) is 30.3 Å². The van der Waals surface area contributed by atoms with E-state index in [0.29, 0.717) is 0 Å². The molecule has 2 saturated heterocycles. The van der Waals surface area contributed by atoms with Crippen LogP contribution in [0, 0.1) is 0 Å². The van der Waals surface area contributed by atoms with Crippen molar-refractivity contribution in [1.29, 1.82) is 0 Å². The first-order valence-corrected chi connectivity index (χ1v) is 12.6.